The molecule has 184 valence electrons. The molecule has 0 unspecified atom stereocenters. The molecule has 0 radical (unpaired) electrons. The fourth-order valence-electron chi connectivity index (χ4n) is 3.89. The van der Waals surface area contributed by atoms with Gasteiger partial charge in [-0.25, -0.2) is 4.98 Å². The van der Waals surface area contributed by atoms with Gasteiger partial charge in [-0.3, -0.25) is 9.78 Å². The van der Waals surface area contributed by atoms with Gasteiger partial charge in [-0.1, -0.05) is 6.07 Å². The molecule has 0 spiro atoms. The van der Waals surface area contributed by atoms with Crippen molar-refractivity contribution in [3.8, 4) is 17.0 Å². The molecular formula is C26H28F2N4O3. The fourth-order valence-corrected chi connectivity index (χ4v) is 3.89. The minimum atomic E-state index is -3.13. The van der Waals surface area contributed by atoms with Crippen LogP contribution in [-0.4, -0.2) is 48.8 Å². The number of aryl methyl sites for hydroxylation is 1. The highest BCUT2D eigenvalue weighted by molar-refractivity contribution is 6.04. The van der Waals surface area contributed by atoms with Gasteiger partial charge in [-0.05, 0) is 55.3 Å². The Balaban J connectivity index is 1.63. The number of nitrogens with zero attached hydrogens (tertiary/aromatic N) is 3. The van der Waals surface area contributed by atoms with Crippen molar-refractivity contribution in [3.63, 3.8) is 0 Å². The lowest BCUT2D eigenvalue weighted by molar-refractivity contribution is 0.0127. The van der Waals surface area contributed by atoms with Crippen LogP contribution in [0.3, 0.4) is 0 Å². The smallest absolute Gasteiger partial charge is 0.286 e. The van der Waals surface area contributed by atoms with E-state index in [4.69, 9.17) is 9.47 Å². The Bertz CT molecular complexity index is 1210. The van der Waals surface area contributed by atoms with Crippen molar-refractivity contribution in [1.29, 1.82) is 0 Å². The number of carbonyl (C=O) groups excluding carboxylic acids is 1. The van der Waals surface area contributed by atoms with E-state index in [9.17, 15) is 13.6 Å². The maximum atomic E-state index is 13.6. The molecule has 1 amide bonds. The fraction of sp³-hybridized carbons (Fsp3) is 0.346. The molecule has 1 aliphatic rings. The van der Waals surface area contributed by atoms with Gasteiger partial charge in [-0.2, -0.15) is 8.78 Å². The van der Waals surface area contributed by atoms with Crippen molar-refractivity contribution in [1.82, 2.24) is 9.97 Å². The summed E-state index contributed by atoms with van der Waals surface area (Å²) in [6, 6.07) is 10.1. The van der Waals surface area contributed by atoms with Crippen molar-refractivity contribution in [2.75, 3.05) is 43.1 Å². The summed E-state index contributed by atoms with van der Waals surface area (Å²) in [6.45, 7) is 7.90. The Morgan fingerprint density at radius 2 is 1.94 bits per heavy atom. The van der Waals surface area contributed by atoms with Gasteiger partial charge in [0.1, 0.15) is 11.4 Å². The molecule has 9 heteroatoms. The van der Waals surface area contributed by atoms with E-state index < -0.39 is 17.5 Å². The molecule has 35 heavy (non-hydrogen) atoms. The average molecular weight is 483 g/mol. The largest absolute Gasteiger partial charge is 0.476 e. The van der Waals surface area contributed by atoms with Crippen LogP contribution >= 0.6 is 0 Å². The third kappa shape index (κ3) is 5.74. The molecule has 7 nitrogen and oxygen atoms in total. The molecule has 1 fully saturated rings. The highest BCUT2D eigenvalue weighted by Crippen LogP contribution is 2.34. The molecule has 0 saturated carbocycles. The predicted molar refractivity (Wildman–Crippen MR) is 130 cm³/mol. The third-order valence-electron chi connectivity index (χ3n) is 5.74. The van der Waals surface area contributed by atoms with E-state index >= 15 is 0 Å². The first-order valence-corrected chi connectivity index (χ1v) is 11.5. The van der Waals surface area contributed by atoms with E-state index in [-0.39, 0.29) is 5.56 Å². The first-order valence-electron chi connectivity index (χ1n) is 11.5. The lowest BCUT2D eigenvalue weighted by Crippen LogP contribution is -2.36. The van der Waals surface area contributed by atoms with Crippen molar-refractivity contribution in [2.24, 2.45) is 0 Å². The van der Waals surface area contributed by atoms with Gasteiger partial charge in [0.2, 0.25) is 5.88 Å². The maximum Gasteiger partial charge on any atom is 0.286 e. The summed E-state index contributed by atoms with van der Waals surface area (Å²) in [5, 5.41) is 2.80. The van der Waals surface area contributed by atoms with E-state index in [1.807, 2.05) is 32.0 Å². The van der Waals surface area contributed by atoms with Crippen LogP contribution in [0.25, 0.3) is 11.1 Å². The Kier molecular flexibility index (Phi) is 7.25. The lowest BCUT2D eigenvalue weighted by atomic mass is 10.0. The predicted octanol–water partition coefficient (Wildman–Crippen LogP) is 5.05. The van der Waals surface area contributed by atoms with Crippen molar-refractivity contribution < 1.29 is 23.0 Å². The van der Waals surface area contributed by atoms with E-state index in [1.165, 1.54) is 12.3 Å². The van der Waals surface area contributed by atoms with E-state index in [2.05, 4.69) is 20.2 Å². The SMILES string of the molecule is CCOc1ncc(-c2cc(NC(=O)c3ccnc(C(C)(F)F)c3)ccc2C)cc1N1CCOCC1. The van der Waals surface area contributed by atoms with Gasteiger partial charge in [-0.15, -0.1) is 0 Å². The van der Waals surface area contributed by atoms with Gasteiger partial charge < -0.3 is 19.7 Å². The second-order valence-electron chi connectivity index (χ2n) is 8.38. The van der Waals surface area contributed by atoms with Crippen LogP contribution in [0.4, 0.5) is 20.2 Å². The number of amides is 1. The third-order valence-corrected chi connectivity index (χ3v) is 5.74. The minimum absolute atomic E-state index is 0.107. The summed E-state index contributed by atoms with van der Waals surface area (Å²) in [7, 11) is 0. The zero-order valence-electron chi connectivity index (χ0n) is 20.0. The van der Waals surface area contributed by atoms with Crippen molar-refractivity contribution in [3.05, 3.63) is 65.6 Å². The van der Waals surface area contributed by atoms with E-state index in [0.29, 0.717) is 31.4 Å². The number of anilines is 2. The van der Waals surface area contributed by atoms with Crippen LogP contribution in [0.5, 0.6) is 5.88 Å². The molecule has 0 bridgehead atoms. The summed E-state index contributed by atoms with van der Waals surface area (Å²) in [5.74, 6) is -3.06. The first kappa shape index (κ1) is 24.5. The number of halogens is 2. The highest BCUT2D eigenvalue weighted by Gasteiger charge is 2.27. The number of aromatic nitrogens is 2. The lowest BCUT2D eigenvalue weighted by Gasteiger charge is -2.30. The standard InChI is InChI=1S/C26H28F2N4O3/c1-4-35-25-22(32-9-11-34-12-10-32)13-19(16-30-25)21-15-20(6-5-17(21)2)31-24(33)18-7-8-29-23(14-18)26(3,27)28/h5-8,13-16H,4,9-12H2,1-3H3,(H,31,33). The number of hydrogen-bond acceptors (Lipinski definition) is 6. The number of carbonyl (C=O) groups is 1. The zero-order valence-corrected chi connectivity index (χ0v) is 20.0. The summed E-state index contributed by atoms with van der Waals surface area (Å²) in [6.07, 6.45) is 2.96. The molecular weight excluding hydrogens is 454 g/mol. The second kappa shape index (κ2) is 10.4. The number of morpholine rings is 1. The van der Waals surface area contributed by atoms with Crippen LogP contribution in [0.15, 0.2) is 48.8 Å². The Morgan fingerprint density at radius 3 is 2.66 bits per heavy atom. The molecule has 1 aliphatic heterocycles. The Labute approximate surface area is 203 Å². The van der Waals surface area contributed by atoms with Crippen LogP contribution in [0.1, 0.15) is 35.5 Å². The van der Waals surface area contributed by atoms with E-state index in [1.54, 1.807) is 12.3 Å². The van der Waals surface area contributed by atoms with Crippen LogP contribution < -0.4 is 15.0 Å². The number of alkyl halides is 2. The molecule has 3 aromatic rings. The quantitative estimate of drug-likeness (QED) is 0.508. The Morgan fingerprint density at radius 1 is 1.17 bits per heavy atom. The number of hydrogen-bond donors (Lipinski definition) is 1. The summed E-state index contributed by atoms with van der Waals surface area (Å²) in [5.41, 5.74) is 3.86. The summed E-state index contributed by atoms with van der Waals surface area (Å²) >= 11 is 0. The molecule has 1 saturated heterocycles. The van der Waals surface area contributed by atoms with Gasteiger partial charge in [0.05, 0.1) is 19.8 Å². The molecule has 4 rings (SSSR count). The molecule has 1 aromatic carbocycles. The van der Waals surface area contributed by atoms with Crippen molar-refractivity contribution >= 4 is 17.3 Å². The van der Waals surface area contributed by atoms with Crippen LogP contribution in [0.2, 0.25) is 0 Å². The molecule has 3 heterocycles. The van der Waals surface area contributed by atoms with Crippen LogP contribution in [-0.2, 0) is 10.7 Å². The zero-order chi connectivity index (χ0) is 25.0. The maximum absolute atomic E-state index is 13.6. The second-order valence-corrected chi connectivity index (χ2v) is 8.38. The van der Waals surface area contributed by atoms with Crippen molar-refractivity contribution in [2.45, 2.75) is 26.7 Å². The number of nitrogens with one attached hydrogen (secondary N) is 1. The van der Waals surface area contributed by atoms with Gasteiger partial charge in [0.25, 0.3) is 11.8 Å². The van der Waals surface area contributed by atoms with Crippen LogP contribution in [0, 0.1) is 6.92 Å². The highest BCUT2D eigenvalue weighted by atomic mass is 19.3. The molecule has 1 N–H and O–H groups in total. The van der Waals surface area contributed by atoms with Gasteiger partial charge in [0, 0.05) is 49.2 Å². The van der Waals surface area contributed by atoms with E-state index in [0.717, 1.165) is 48.5 Å². The number of benzene rings is 1. The average Bonchev–Trinajstić information content (AvgIpc) is 2.86. The number of ether oxygens (including phenoxy) is 2. The summed E-state index contributed by atoms with van der Waals surface area (Å²) in [4.78, 5) is 23.2. The normalized spacial score (nSPS) is 14.0. The molecule has 2 aromatic heterocycles. The van der Waals surface area contributed by atoms with Gasteiger partial charge >= 0.3 is 0 Å². The molecule has 0 aliphatic carbocycles. The van der Waals surface area contributed by atoms with Gasteiger partial charge in [0.15, 0.2) is 0 Å². The topological polar surface area (TPSA) is 76.6 Å². The molecule has 0 atom stereocenters. The monoisotopic (exact) mass is 482 g/mol. The number of rotatable bonds is 7. The number of pyridine rings is 2. The first-order chi connectivity index (χ1) is 16.8. The summed E-state index contributed by atoms with van der Waals surface area (Å²) < 4.78 is 38.5. The minimum Gasteiger partial charge on any atom is -0.476 e. The Hall–Kier alpha value is -3.59.